The number of nitrogens with zero attached hydrogens (tertiary/aromatic N) is 3. The number of fused-ring (bicyclic) bond motifs is 1. The summed E-state index contributed by atoms with van der Waals surface area (Å²) in [7, 11) is 0. The van der Waals surface area contributed by atoms with Crippen LogP contribution in [0.4, 0.5) is 10.6 Å². The zero-order chi connectivity index (χ0) is 22.6. The van der Waals surface area contributed by atoms with Crippen LogP contribution in [0.5, 0.6) is 0 Å². The number of hydrogen-bond donors (Lipinski definition) is 1. The lowest BCUT2D eigenvalue weighted by Gasteiger charge is -2.34. The number of ether oxygens (including phenoxy) is 1. The van der Waals surface area contributed by atoms with Crippen molar-refractivity contribution in [2.45, 2.75) is 45.3 Å². The van der Waals surface area contributed by atoms with Crippen molar-refractivity contribution in [3.8, 4) is 0 Å². The second-order valence-corrected chi connectivity index (χ2v) is 9.13. The van der Waals surface area contributed by atoms with Crippen LogP contribution in [0.15, 0.2) is 55.0 Å². The van der Waals surface area contributed by atoms with E-state index in [1.807, 2.05) is 51.4 Å². The van der Waals surface area contributed by atoms with E-state index in [0.717, 1.165) is 47.1 Å². The zero-order valence-electron chi connectivity index (χ0n) is 18.9. The van der Waals surface area contributed by atoms with E-state index in [-0.39, 0.29) is 12.1 Å². The average molecular weight is 431 g/mol. The molecule has 0 spiro atoms. The lowest BCUT2D eigenvalue weighted by Crippen LogP contribution is -2.47. The van der Waals surface area contributed by atoms with Gasteiger partial charge in [0.15, 0.2) is 0 Å². The molecular formula is C26H30N4O2. The predicted octanol–water partition coefficient (Wildman–Crippen LogP) is 5.61. The highest BCUT2D eigenvalue weighted by atomic mass is 16.6. The normalized spacial score (nSPS) is 17.0. The number of rotatable bonds is 4. The number of piperidine rings is 1. The molecule has 1 amide bonds. The van der Waals surface area contributed by atoms with Crippen LogP contribution in [0, 0.1) is 0 Å². The van der Waals surface area contributed by atoms with Crippen molar-refractivity contribution < 1.29 is 9.53 Å². The summed E-state index contributed by atoms with van der Waals surface area (Å²) in [6.45, 7) is 7.00. The SMILES string of the molecule is CC(C)(C)OC(=O)N1CCC[C@@H](Nc2nccc3cccc(/C=C/c4cccnc4)c23)C1. The van der Waals surface area contributed by atoms with Crippen molar-refractivity contribution in [3.63, 3.8) is 0 Å². The monoisotopic (exact) mass is 430 g/mol. The quantitative estimate of drug-likeness (QED) is 0.583. The average Bonchev–Trinajstić information content (AvgIpc) is 2.77. The summed E-state index contributed by atoms with van der Waals surface area (Å²) in [5.74, 6) is 0.838. The Hall–Kier alpha value is -3.41. The van der Waals surface area contributed by atoms with Gasteiger partial charge in [0.05, 0.1) is 0 Å². The number of amides is 1. The minimum Gasteiger partial charge on any atom is -0.444 e. The fraction of sp³-hybridized carbons (Fsp3) is 0.346. The van der Waals surface area contributed by atoms with Crippen LogP contribution in [0.1, 0.15) is 44.7 Å². The minimum atomic E-state index is -0.496. The van der Waals surface area contributed by atoms with E-state index >= 15 is 0 Å². The van der Waals surface area contributed by atoms with E-state index in [1.54, 1.807) is 11.1 Å². The van der Waals surface area contributed by atoms with Gasteiger partial charge in [0.1, 0.15) is 11.4 Å². The van der Waals surface area contributed by atoms with Gasteiger partial charge in [-0.15, -0.1) is 0 Å². The van der Waals surface area contributed by atoms with E-state index in [0.29, 0.717) is 6.54 Å². The first-order valence-electron chi connectivity index (χ1n) is 11.1. The third-order valence-corrected chi connectivity index (χ3v) is 5.38. The van der Waals surface area contributed by atoms with Crippen LogP contribution < -0.4 is 5.32 Å². The minimum absolute atomic E-state index is 0.115. The highest BCUT2D eigenvalue weighted by molar-refractivity contribution is 5.99. The van der Waals surface area contributed by atoms with Crippen molar-refractivity contribution in [1.82, 2.24) is 14.9 Å². The van der Waals surface area contributed by atoms with Gasteiger partial charge < -0.3 is 15.0 Å². The molecule has 4 rings (SSSR count). The number of aromatic nitrogens is 2. The van der Waals surface area contributed by atoms with Gasteiger partial charge in [-0.05, 0) is 62.3 Å². The molecule has 0 radical (unpaired) electrons. The first-order valence-corrected chi connectivity index (χ1v) is 11.1. The molecule has 1 aliphatic rings. The zero-order valence-corrected chi connectivity index (χ0v) is 18.9. The van der Waals surface area contributed by atoms with Crippen LogP contribution in [-0.4, -0.2) is 45.7 Å². The van der Waals surface area contributed by atoms with Gasteiger partial charge in [0.2, 0.25) is 0 Å². The third kappa shape index (κ3) is 5.44. The molecule has 6 heteroatoms. The Morgan fingerprint density at radius 1 is 1.16 bits per heavy atom. The number of nitrogens with one attached hydrogen (secondary N) is 1. The Morgan fingerprint density at radius 2 is 2.03 bits per heavy atom. The predicted molar refractivity (Wildman–Crippen MR) is 129 cm³/mol. The molecule has 1 saturated heterocycles. The summed E-state index contributed by atoms with van der Waals surface area (Å²) < 4.78 is 5.57. The van der Waals surface area contributed by atoms with Gasteiger partial charge >= 0.3 is 6.09 Å². The molecule has 166 valence electrons. The van der Waals surface area contributed by atoms with Crippen LogP contribution in [0.25, 0.3) is 22.9 Å². The lowest BCUT2D eigenvalue weighted by molar-refractivity contribution is 0.0206. The van der Waals surface area contributed by atoms with Crippen molar-refractivity contribution in [3.05, 3.63) is 66.1 Å². The summed E-state index contributed by atoms with van der Waals surface area (Å²) in [4.78, 5) is 23.2. The third-order valence-electron chi connectivity index (χ3n) is 5.38. The van der Waals surface area contributed by atoms with Crippen molar-refractivity contribution in [2.24, 2.45) is 0 Å². The largest absolute Gasteiger partial charge is 0.444 e. The molecular weight excluding hydrogens is 400 g/mol. The van der Waals surface area contributed by atoms with E-state index in [1.165, 1.54) is 0 Å². The standard InChI is InChI=1S/C26H30N4O2/c1-26(2,3)32-25(31)30-16-6-10-22(18-30)29-24-23-20(8-4-9-21(23)13-15-28-24)12-11-19-7-5-14-27-17-19/h4-5,7-9,11-15,17,22H,6,10,16,18H2,1-3H3,(H,28,29)/b12-11+/t22-/m1/s1. The summed E-state index contributed by atoms with van der Waals surface area (Å²) in [6, 6.07) is 12.3. The molecule has 1 N–H and O–H groups in total. The number of anilines is 1. The number of carbonyl (C=O) groups excluding carboxylic acids is 1. The van der Waals surface area contributed by atoms with Gasteiger partial charge in [0, 0.05) is 43.1 Å². The van der Waals surface area contributed by atoms with E-state index in [2.05, 4.69) is 45.6 Å². The van der Waals surface area contributed by atoms with E-state index < -0.39 is 5.60 Å². The number of pyridine rings is 2. The molecule has 6 nitrogen and oxygen atoms in total. The van der Waals surface area contributed by atoms with Crippen molar-refractivity contribution in [2.75, 3.05) is 18.4 Å². The molecule has 3 heterocycles. The molecule has 0 saturated carbocycles. The Kier molecular flexibility index (Phi) is 6.40. The Labute approximate surface area is 189 Å². The topological polar surface area (TPSA) is 67.3 Å². The highest BCUT2D eigenvalue weighted by Crippen LogP contribution is 2.28. The van der Waals surface area contributed by atoms with E-state index in [4.69, 9.17) is 4.74 Å². The number of hydrogen-bond acceptors (Lipinski definition) is 5. The second-order valence-electron chi connectivity index (χ2n) is 9.13. The maximum absolute atomic E-state index is 12.5. The Morgan fingerprint density at radius 3 is 2.81 bits per heavy atom. The smallest absolute Gasteiger partial charge is 0.410 e. The molecule has 2 aromatic heterocycles. The summed E-state index contributed by atoms with van der Waals surface area (Å²) >= 11 is 0. The highest BCUT2D eigenvalue weighted by Gasteiger charge is 2.28. The lowest BCUT2D eigenvalue weighted by atomic mass is 10.0. The molecule has 1 atom stereocenters. The first-order chi connectivity index (χ1) is 15.4. The summed E-state index contributed by atoms with van der Waals surface area (Å²) in [5, 5.41) is 5.80. The molecule has 1 aliphatic heterocycles. The molecule has 0 unspecified atom stereocenters. The second kappa shape index (κ2) is 9.39. The molecule has 32 heavy (non-hydrogen) atoms. The summed E-state index contributed by atoms with van der Waals surface area (Å²) in [6.07, 6.45) is 11.2. The van der Waals surface area contributed by atoms with Crippen LogP contribution in [-0.2, 0) is 4.74 Å². The van der Waals surface area contributed by atoms with E-state index in [9.17, 15) is 4.79 Å². The van der Waals surface area contributed by atoms with Gasteiger partial charge in [-0.1, -0.05) is 36.4 Å². The fourth-order valence-corrected chi connectivity index (χ4v) is 3.95. The summed E-state index contributed by atoms with van der Waals surface area (Å²) in [5.41, 5.74) is 1.63. The number of carbonyl (C=O) groups is 1. The molecule has 0 bridgehead atoms. The van der Waals surface area contributed by atoms with Crippen LogP contribution in [0.2, 0.25) is 0 Å². The fourth-order valence-electron chi connectivity index (χ4n) is 3.95. The number of likely N-dealkylation sites (tertiary alicyclic amines) is 1. The molecule has 1 fully saturated rings. The van der Waals surface area contributed by atoms with Crippen molar-refractivity contribution >= 4 is 34.8 Å². The number of benzene rings is 1. The van der Waals surface area contributed by atoms with Gasteiger partial charge in [-0.3, -0.25) is 4.98 Å². The Bertz CT molecular complexity index is 1100. The molecule has 3 aromatic rings. The first kappa shape index (κ1) is 21.8. The van der Waals surface area contributed by atoms with Crippen LogP contribution in [0.3, 0.4) is 0 Å². The Balaban J connectivity index is 1.57. The van der Waals surface area contributed by atoms with Crippen molar-refractivity contribution in [1.29, 1.82) is 0 Å². The molecule has 0 aliphatic carbocycles. The van der Waals surface area contributed by atoms with Crippen LogP contribution >= 0.6 is 0 Å². The maximum atomic E-state index is 12.5. The molecule has 1 aromatic carbocycles. The van der Waals surface area contributed by atoms with Gasteiger partial charge in [-0.25, -0.2) is 9.78 Å². The van der Waals surface area contributed by atoms with Gasteiger partial charge in [0.25, 0.3) is 0 Å². The maximum Gasteiger partial charge on any atom is 0.410 e. The van der Waals surface area contributed by atoms with Gasteiger partial charge in [-0.2, -0.15) is 0 Å².